The van der Waals surface area contributed by atoms with E-state index in [1.807, 2.05) is 0 Å². The number of hydrogen-bond acceptors (Lipinski definition) is 6. The predicted molar refractivity (Wildman–Crippen MR) is 74.3 cm³/mol. The number of phosphoric acid groups is 1. The Morgan fingerprint density at radius 3 is 2.57 bits per heavy atom. The van der Waals surface area contributed by atoms with Crippen LogP contribution >= 0.6 is 7.82 Å². The molecule has 0 radical (unpaired) electrons. The predicted octanol–water partition coefficient (Wildman–Crippen LogP) is 3.18. The van der Waals surface area contributed by atoms with Gasteiger partial charge >= 0.3 is 13.8 Å². The van der Waals surface area contributed by atoms with Gasteiger partial charge in [0.05, 0.1) is 6.61 Å². The molecule has 0 fully saturated rings. The molecule has 1 rings (SSSR count). The van der Waals surface area contributed by atoms with Gasteiger partial charge in [-0.15, -0.1) is 0 Å². The van der Waals surface area contributed by atoms with Crippen molar-refractivity contribution in [1.82, 2.24) is 0 Å². The average molecular weight is 318 g/mol. The molecule has 21 heavy (non-hydrogen) atoms. The van der Waals surface area contributed by atoms with Crippen LogP contribution in [0.2, 0.25) is 0 Å². The Labute approximate surface area is 122 Å². The number of benzene rings is 1. The van der Waals surface area contributed by atoms with Crippen molar-refractivity contribution in [3.63, 3.8) is 0 Å². The van der Waals surface area contributed by atoms with Crippen LogP contribution in [0.4, 0.5) is 4.39 Å². The van der Waals surface area contributed by atoms with Crippen LogP contribution in [0.25, 0.3) is 6.08 Å². The molecular formula is C13H16FO6P. The minimum atomic E-state index is -3.91. The maximum Gasteiger partial charge on any atom is 0.529 e. The van der Waals surface area contributed by atoms with Gasteiger partial charge in [0.25, 0.3) is 0 Å². The highest BCUT2D eigenvalue weighted by Gasteiger charge is 2.27. The summed E-state index contributed by atoms with van der Waals surface area (Å²) in [6.07, 6.45) is 2.39. The lowest BCUT2D eigenvalue weighted by atomic mass is 10.2. The first-order valence-corrected chi connectivity index (χ1v) is 7.46. The summed E-state index contributed by atoms with van der Waals surface area (Å²) in [6.45, 7) is 1.88. The van der Waals surface area contributed by atoms with Crippen LogP contribution in [-0.2, 0) is 23.1 Å². The molecule has 1 aromatic rings. The number of carbonyl (C=O) groups is 1. The summed E-state index contributed by atoms with van der Waals surface area (Å²) >= 11 is 0. The van der Waals surface area contributed by atoms with Gasteiger partial charge in [-0.05, 0) is 19.1 Å². The Balaban J connectivity index is 3.09. The van der Waals surface area contributed by atoms with Gasteiger partial charge in [0.1, 0.15) is 0 Å². The number of rotatable bonds is 7. The van der Waals surface area contributed by atoms with Crippen molar-refractivity contribution in [3.05, 3.63) is 35.7 Å². The molecule has 0 aliphatic heterocycles. The van der Waals surface area contributed by atoms with Crippen LogP contribution < -0.4 is 4.52 Å². The number of hydrogen-bond donors (Lipinski definition) is 0. The summed E-state index contributed by atoms with van der Waals surface area (Å²) in [5.41, 5.74) is 0.192. The first-order valence-electron chi connectivity index (χ1n) is 6.00. The average Bonchev–Trinajstić information content (AvgIpc) is 2.48. The molecule has 116 valence electrons. The molecule has 0 spiro atoms. The summed E-state index contributed by atoms with van der Waals surface area (Å²) in [6, 6.07) is 4.01. The summed E-state index contributed by atoms with van der Waals surface area (Å²) in [4.78, 5) is 11.3. The van der Waals surface area contributed by atoms with Crippen LogP contribution in [0.15, 0.2) is 24.3 Å². The zero-order chi connectivity index (χ0) is 15.9. The zero-order valence-electron chi connectivity index (χ0n) is 11.9. The summed E-state index contributed by atoms with van der Waals surface area (Å²) in [7, 11) is -1.69. The van der Waals surface area contributed by atoms with Crippen LogP contribution in [0.1, 0.15) is 12.5 Å². The van der Waals surface area contributed by atoms with E-state index in [1.165, 1.54) is 18.2 Å². The Morgan fingerprint density at radius 1 is 1.33 bits per heavy atom. The van der Waals surface area contributed by atoms with E-state index in [2.05, 4.69) is 9.05 Å². The highest BCUT2D eigenvalue weighted by atomic mass is 31.2. The third-order valence-corrected chi connectivity index (χ3v) is 3.63. The number of esters is 1. The lowest BCUT2D eigenvalue weighted by Crippen LogP contribution is -2.01. The molecule has 0 aliphatic rings. The Morgan fingerprint density at radius 2 is 2.00 bits per heavy atom. The highest BCUT2D eigenvalue weighted by Crippen LogP contribution is 2.49. The van der Waals surface area contributed by atoms with E-state index in [0.717, 1.165) is 26.4 Å². The van der Waals surface area contributed by atoms with E-state index < -0.39 is 19.6 Å². The summed E-state index contributed by atoms with van der Waals surface area (Å²) in [5, 5.41) is 0. The third kappa shape index (κ3) is 4.97. The van der Waals surface area contributed by atoms with Gasteiger partial charge in [0, 0.05) is 25.9 Å². The Bertz CT molecular complexity index is 564. The molecule has 0 unspecified atom stereocenters. The molecule has 6 nitrogen and oxygen atoms in total. The second-order valence-corrected chi connectivity index (χ2v) is 5.45. The summed E-state index contributed by atoms with van der Waals surface area (Å²) in [5.74, 6) is -1.70. The van der Waals surface area contributed by atoms with Gasteiger partial charge in [-0.3, -0.25) is 9.05 Å². The van der Waals surface area contributed by atoms with Gasteiger partial charge < -0.3 is 9.26 Å². The first kappa shape index (κ1) is 17.4. The SMILES string of the molecule is CCOC(=O)/C=C/c1cccc(F)c1OP(=O)(OC)OC. The molecule has 0 amide bonds. The number of carbonyl (C=O) groups excluding carboxylic acids is 1. The van der Waals surface area contributed by atoms with Gasteiger partial charge in [-0.2, -0.15) is 0 Å². The van der Waals surface area contributed by atoms with Gasteiger partial charge in [0.15, 0.2) is 11.6 Å². The van der Waals surface area contributed by atoms with Crippen molar-refractivity contribution < 1.29 is 32.1 Å². The van der Waals surface area contributed by atoms with E-state index in [9.17, 15) is 13.8 Å². The lowest BCUT2D eigenvalue weighted by molar-refractivity contribution is -0.137. The maximum absolute atomic E-state index is 13.8. The molecule has 0 saturated carbocycles. The minimum Gasteiger partial charge on any atom is -0.463 e. The normalized spacial score (nSPS) is 11.6. The minimum absolute atomic E-state index is 0.192. The van der Waals surface area contributed by atoms with Crippen molar-refractivity contribution >= 4 is 19.9 Å². The smallest absolute Gasteiger partial charge is 0.463 e. The third-order valence-electron chi connectivity index (χ3n) is 2.33. The van der Waals surface area contributed by atoms with E-state index in [4.69, 9.17) is 9.26 Å². The molecule has 0 saturated heterocycles. The van der Waals surface area contributed by atoms with Crippen LogP contribution in [0.3, 0.4) is 0 Å². The largest absolute Gasteiger partial charge is 0.529 e. The molecule has 0 aromatic heterocycles. The fraction of sp³-hybridized carbons (Fsp3) is 0.308. The second-order valence-electron chi connectivity index (χ2n) is 3.65. The number of halogens is 1. The number of para-hydroxylation sites is 1. The van der Waals surface area contributed by atoms with E-state index >= 15 is 0 Å². The molecule has 0 atom stereocenters. The molecule has 1 aromatic carbocycles. The Kier molecular flexibility index (Phi) is 6.55. The van der Waals surface area contributed by atoms with Crippen LogP contribution in [-0.4, -0.2) is 26.8 Å². The summed E-state index contributed by atoms with van der Waals surface area (Å²) < 4.78 is 44.6. The fourth-order valence-electron chi connectivity index (χ4n) is 1.36. The molecule has 0 heterocycles. The van der Waals surface area contributed by atoms with Gasteiger partial charge in [-0.25, -0.2) is 13.8 Å². The molecule has 8 heteroatoms. The van der Waals surface area contributed by atoms with Crippen molar-refractivity contribution in [1.29, 1.82) is 0 Å². The number of ether oxygens (including phenoxy) is 1. The molecule has 0 bridgehead atoms. The lowest BCUT2D eigenvalue weighted by Gasteiger charge is -2.16. The standard InChI is InChI=1S/C13H16FO6P/c1-4-19-12(15)9-8-10-6-5-7-11(14)13(10)20-21(16,17-2)18-3/h5-9H,4H2,1-3H3/b9-8+. The van der Waals surface area contributed by atoms with Crippen LogP contribution in [0.5, 0.6) is 5.75 Å². The van der Waals surface area contributed by atoms with Crippen LogP contribution in [0, 0.1) is 5.82 Å². The van der Waals surface area contributed by atoms with E-state index in [-0.39, 0.29) is 17.9 Å². The van der Waals surface area contributed by atoms with E-state index in [0.29, 0.717) is 0 Å². The molecular weight excluding hydrogens is 302 g/mol. The van der Waals surface area contributed by atoms with Crippen molar-refractivity contribution in [3.8, 4) is 5.75 Å². The Hall–Kier alpha value is -1.69. The first-order chi connectivity index (χ1) is 9.95. The number of phosphoric ester groups is 1. The van der Waals surface area contributed by atoms with Crippen molar-refractivity contribution in [2.75, 3.05) is 20.8 Å². The van der Waals surface area contributed by atoms with Gasteiger partial charge in [-0.1, -0.05) is 12.1 Å². The fourth-order valence-corrected chi connectivity index (χ4v) is 2.08. The monoisotopic (exact) mass is 318 g/mol. The molecule has 0 N–H and O–H groups in total. The topological polar surface area (TPSA) is 71.1 Å². The maximum atomic E-state index is 13.8. The quantitative estimate of drug-likeness (QED) is 0.437. The van der Waals surface area contributed by atoms with E-state index in [1.54, 1.807) is 6.92 Å². The highest BCUT2D eigenvalue weighted by molar-refractivity contribution is 7.48. The van der Waals surface area contributed by atoms with Gasteiger partial charge in [0.2, 0.25) is 0 Å². The van der Waals surface area contributed by atoms with Crippen molar-refractivity contribution in [2.24, 2.45) is 0 Å². The zero-order valence-corrected chi connectivity index (χ0v) is 12.8. The second kappa shape index (κ2) is 7.93. The van der Waals surface area contributed by atoms with Crippen molar-refractivity contribution in [2.45, 2.75) is 6.92 Å². The molecule has 0 aliphatic carbocycles.